The van der Waals surface area contributed by atoms with Gasteiger partial charge in [-0.25, -0.2) is 0 Å². The van der Waals surface area contributed by atoms with Crippen LogP contribution in [0.2, 0.25) is 0 Å². The van der Waals surface area contributed by atoms with E-state index in [9.17, 15) is 13.6 Å². The van der Waals surface area contributed by atoms with Crippen molar-refractivity contribution in [2.24, 2.45) is 4.99 Å². The standard InChI is InChI=1S/C23H29F2N5O2.HI/c1-26-21(31)17-7-5-6-16(14-17)10-12-28-23(27-2)29-18-11-13-30(15-18)19-8-3-4-9-20(19)32-22(24)25;/h3-9,14,18,22H,10-13,15H2,1-2H3,(H,26,31)(H2,27,28,29);1H. The number of amides is 1. The molecule has 180 valence electrons. The Labute approximate surface area is 210 Å². The van der Waals surface area contributed by atoms with Crippen molar-refractivity contribution in [1.82, 2.24) is 16.0 Å². The molecule has 0 aliphatic carbocycles. The van der Waals surface area contributed by atoms with Crippen molar-refractivity contribution < 1.29 is 18.3 Å². The van der Waals surface area contributed by atoms with Crippen molar-refractivity contribution in [2.45, 2.75) is 25.5 Å². The Kier molecular flexibility index (Phi) is 10.6. The number of rotatable bonds is 8. The van der Waals surface area contributed by atoms with Crippen LogP contribution in [0, 0.1) is 0 Å². The smallest absolute Gasteiger partial charge is 0.387 e. The molecular formula is C23H30F2IN5O2. The number of para-hydroxylation sites is 2. The summed E-state index contributed by atoms with van der Waals surface area (Å²) in [6.07, 6.45) is 1.58. The van der Waals surface area contributed by atoms with Gasteiger partial charge in [0.05, 0.1) is 5.69 Å². The summed E-state index contributed by atoms with van der Waals surface area (Å²) in [7, 11) is 3.32. The minimum atomic E-state index is -2.85. The molecule has 0 radical (unpaired) electrons. The molecule has 2 aromatic carbocycles. The number of hydrogen-bond donors (Lipinski definition) is 3. The number of aliphatic imine (C=N–C) groups is 1. The SMILES string of the molecule is CN=C(NCCc1cccc(C(=O)NC)c1)NC1CCN(c2ccccc2OC(F)F)C1.I. The molecule has 10 heteroatoms. The van der Waals surface area contributed by atoms with Gasteiger partial charge in [0, 0.05) is 45.3 Å². The molecule has 1 aliphatic rings. The number of nitrogens with zero attached hydrogens (tertiary/aromatic N) is 2. The van der Waals surface area contributed by atoms with E-state index in [1.54, 1.807) is 38.4 Å². The van der Waals surface area contributed by atoms with Crippen LogP contribution in [0.25, 0.3) is 0 Å². The molecule has 0 bridgehead atoms. The molecule has 33 heavy (non-hydrogen) atoms. The Morgan fingerprint density at radius 3 is 2.76 bits per heavy atom. The molecule has 1 fully saturated rings. The van der Waals surface area contributed by atoms with Gasteiger partial charge in [-0.3, -0.25) is 9.79 Å². The van der Waals surface area contributed by atoms with Gasteiger partial charge in [-0.2, -0.15) is 8.78 Å². The highest BCUT2D eigenvalue weighted by Gasteiger charge is 2.26. The van der Waals surface area contributed by atoms with Crippen LogP contribution < -0.4 is 25.6 Å². The number of halogens is 3. The third-order valence-corrected chi connectivity index (χ3v) is 5.30. The molecular weight excluding hydrogens is 543 g/mol. The van der Waals surface area contributed by atoms with Crippen LogP contribution in [0.5, 0.6) is 5.75 Å². The number of carbonyl (C=O) groups excluding carboxylic acids is 1. The Morgan fingerprint density at radius 1 is 1.24 bits per heavy atom. The highest BCUT2D eigenvalue weighted by molar-refractivity contribution is 14.0. The summed E-state index contributed by atoms with van der Waals surface area (Å²) >= 11 is 0. The topological polar surface area (TPSA) is 78.0 Å². The van der Waals surface area contributed by atoms with Crippen molar-refractivity contribution in [3.63, 3.8) is 0 Å². The first-order valence-electron chi connectivity index (χ1n) is 10.6. The minimum absolute atomic E-state index is 0. The molecule has 7 nitrogen and oxygen atoms in total. The zero-order chi connectivity index (χ0) is 22.9. The average Bonchev–Trinajstić information content (AvgIpc) is 3.26. The predicted molar refractivity (Wildman–Crippen MR) is 137 cm³/mol. The van der Waals surface area contributed by atoms with Crippen LogP contribution >= 0.6 is 24.0 Å². The van der Waals surface area contributed by atoms with Gasteiger partial charge < -0.3 is 25.6 Å². The monoisotopic (exact) mass is 573 g/mol. The van der Waals surface area contributed by atoms with Gasteiger partial charge in [-0.15, -0.1) is 24.0 Å². The van der Waals surface area contributed by atoms with Crippen LogP contribution in [0.15, 0.2) is 53.5 Å². The zero-order valence-electron chi connectivity index (χ0n) is 18.7. The number of nitrogens with one attached hydrogen (secondary N) is 3. The van der Waals surface area contributed by atoms with Crippen molar-refractivity contribution >= 4 is 41.5 Å². The molecule has 1 unspecified atom stereocenters. The van der Waals surface area contributed by atoms with Crippen LogP contribution in [-0.4, -0.2) is 58.2 Å². The van der Waals surface area contributed by atoms with E-state index in [1.165, 1.54) is 0 Å². The normalized spacial score (nSPS) is 15.7. The summed E-state index contributed by atoms with van der Waals surface area (Å²) in [4.78, 5) is 18.1. The van der Waals surface area contributed by atoms with Crippen molar-refractivity contribution in [3.05, 3.63) is 59.7 Å². The van der Waals surface area contributed by atoms with Gasteiger partial charge in [-0.05, 0) is 42.7 Å². The number of benzene rings is 2. The maximum absolute atomic E-state index is 12.7. The van der Waals surface area contributed by atoms with Crippen LogP contribution in [0.1, 0.15) is 22.3 Å². The summed E-state index contributed by atoms with van der Waals surface area (Å²) in [5.41, 5.74) is 2.35. The molecule has 1 atom stereocenters. The number of guanidine groups is 1. The van der Waals surface area contributed by atoms with Gasteiger partial charge >= 0.3 is 6.61 Å². The van der Waals surface area contributed by atoms with Gasteiger partial charge in [0.2, 0.25) is 0 Å². The van der Waals surface area contributed by atoms with Crippen LogP contribution in [0.3, 0.4) is 0 Å². The molecule has 3 N–H and O–H groups in total. The van der Waals surface area contributed by atoms with E-state index in [4.69, 9.17) is 0 Å². The van der Waals surface area contributed by atoms with E-state index >= 15 is 0 Å². The number of ether oxygens (including phenoxy) is 1. The molecule has 1 heterocycles. The fourth-order valence-corrected chi connectivity index (χ4v) is 3.74. The molecule has 2 aromatic rings. The summed E-state index contributed by atoms with van der Waals surface area (Å²) in [5, 5.41) is 9.32. The lowest BCUT2D eigenvalue weighted by Gasteiger charge is -2.22. The third kappa shape index (κ3) is 7.72. The second kappa shape index (κ2) is 13.2. The molecule has 3 rings (SSSR count). The van der Waals surface area contributed by atoms with Gasteiger partial charge in [0.15, 0.2) is 5.96 Å². The minimum Gasteiger partial charge on any atom is -0.433 e. The lowest BCUT2D eigenvalue weighted by molar-refractivity contribution is -0.0495. The van der Waals surface area contributed by atoms with E-state index in [1.807, 2.05) is 29.2 Å². The van der Waals surface area contributed by atoms with Gasteiger partial charge in [0.1, 0.15) is 5.75 Å². The highest BCUT2D eigenvalue weighted by atomic mass is 127. The summed E-state index contributed by atoms with van der Waals surface area (Å²) in [6.45, 7) is -0.825. The Morgan fingerprint density at radius 2 is 2.03 bits per heavy atom. The molecule has 1 amide bonds. The largest absolute Gasteiger partial charge is 0.433 e. The van der Waals surface area contributed by atoms with E-state index < -0.39 is 6.61 Å². The molecule has 0 saturated carbocycles. The Hall–Kier alpha value is -2.63. The highest BCUT2D eigenvalue weighted by Crippen LogP contribution is 2.31. The second-order valence-corrected chi connectivity index (χ2v) is 7.45. The van der Waals surface area contributed by atoms with Crippen molar-refractivity contribution in [3.8, 4) is 5.75 Å². The van der Waals surface area contributed by atoms with Gasteiger partial charge in [0.25, 0.3) is 5.91 Å². The fourth-order valence-electron chi connectivity index (χ4n) is 3.74. The number of alkyl halides is 2. The molecule has 0 aromatic heterocycles. The molecule has 1 aliphatic heterocycles. The number of carbonyl (C=O) groups is 1. The van der Waals surface area contributed by atoms with E-state index in [-0.39, 0.29) is 41.7 Å². The first-order valence-corrected chi connectivity index (χ1v) is 10.6. The quantitative estimate of drug-likeness (QED) is 0.257. The zero-order valence-corrected chi connectivity index (χ0v) is 21.0. The number of anilines is 1. The predicted octanol–water partition coefficient (Wildman–Crippen LogP) is 3.25. The first kappa shape index (κ1) is 26.6. The third-order valence-electron chi connectivity index (χ3n) is 5.30. The van der Waals surface area contributed by atoms with E-state index in [0.29, 0.717) is 30.3 Å². The summed E-state index contributed by atoms with van der Waals surface area (Å²) in [5.74, 6) is 0.754. The molecule has 0 spiro atoms. The van der Waals surface area contributed by atoms with E-state index in [0.717, 1.165) is 24.9 Å². The number of hydrogen-bond acceptors (Lipinski definition) is 4. The fraction of sp³-hybridized carbons (Fsp3) is 0.391. The van der Waals surface area contributed by atoms with Crippen molar-refractivity contribution in [2.75, 3.05) is 38.6 Å². The second-order valence-electron chi connectivity index (χ2n) is 7.45. The average molecular weight is 573 g/mol. The molecule has 1 saturated heterocycles. The van der Waals surface area contributed by atoms with Crippen molar-refractivity contribution in [1.29, 1.82) is 0 Å². The Balaban J connectivity index is 0.00000385. The summed E-state index contributed by atoms with van der Waals surface area (Å²) < 4.78 is 30.1. The first-order chi connectivity index (χ1) is 15.5. The lowest BCUT2D eigenvalue weighted by Crippen LogP contribution is -2.45. The van der Waals surface area contributed by atoms with Gasteiger partial charge in [-0.1, -0.05) is 24.3 Å². The summed E-state index contributed by atoms with van der Waals surface area (Å²) in [6, 6.07) is 14.5. The lowest BCUT2D eigenvalue weighted by atomic mass is 10.1. The van der Waals surface area contributed by atoms with Crippen LogP contribution in [-0.2, 0) is 6.42 Å². The maximum Gasteiger partial charge on any atom is 0.387 e. The Bertz CT molecular complexity index is 945. The van der Waals surface area contributed by atoms with E-state index in [2.05, 4.69) is 25.7 Å². The maximum atomic E-state index is 12.7. The van der Waals surface area contributed by atoms with Crippen LogP contribution in [0.4, 0.5) is 14.5 Å².